The molecule has 1 amide bonds. The second-order valence-corrected chi connectivity index (χ2v) is 12.1. The lowest BCUT2D eigenvalue weighted by molar-refractivity contribution is -0.123. The molecule has 5 atom stereocenters. The number of benzene rings is 2. The highest BCUT2D eigenvalue weighted by molar-refractivity contribution is 6.31. The lowest BCUT2D eigenvalue weighted by atomic mass is 9.62. The van der Waals surface area contributed by atoms with Gasteiger partial charge in [0.05, 0.1) is 43.1 Å². The fourth-order valence-electron chi connectivity index (χ4n) is 5.68. The zero-order chi connectivity index (χ0) is 31.1. The average Bonchev–Trinajstić information content (AvgIpc) is 3.26. The molecule has 0 aromatic heterocycles. The number of carbonyl (C=O) groups is 1. The molecular formula is C30H37Cl2F2N3O5. The summed E-state index contributed by atoms with van der Waals surface area (Å²) in [5.74, 6) is -3.43. The monoisotopic (exact) mass is 627 g/mol. The van der Waals surface area contributed by atoms with Crippen molar-refractivity contribution in [2.45, 2.75) is 62.6 Å². The standard InChI is InChI=1S/C30H37Cl2F2N3O5/c1-29(2,9-12-42-13-11-38)15-24-30(17-35,21-7-6-18(31)14-23(21)33)25(20-4-3-5-22(32)26(20)34)27(37-24)28(41)36-10-8-19(40)16-39/h3-7,14,19,24-25,27,37-40H,8-13,15-16H2,1-2H3,(H,36,41)/t19-,24?,25?,27?,30?/m0/s1. The smallest absolute Gasteiger partial charge is 0.237 e. The van der Waals surface area contributed by atoms with Crippen LogP contribution in [0, 0.1) is 28.4 Å². The van der Waals surface area contributed by atoms with E-state index in [-0.39, 0.29) is 53.8 Å². The molecule has 12 heteroatoms. The minimum absolute atomic E-state index is 0.00327. The minimum Gasteiger partial charge on any atom is -0.394 e. The van der Waals surface area contributed by atoms with Crippen LogP contribution < -0.4 is 10.6 Å². The molecule has 1 heterocycles. The van der Waals surface area contributed by atoms with Crippen molar-refractivity contribution in [3.8, 4) is 6.07 Å². The molecule has 0 radical (unpaired) electrons. The van der Waals surface area contributed by atoms with E-state index < -0.39 is 59.1 Å². The molecule has 0 aliphatic carbocycles. The molecule has 1 aliphatic rings. The van der Waals surface area contributed by atoms with Gasteiger partial charge in [-0.25, -0.2) is 8.78 Å². The Hall–Kier alpha value is -2.36. The number of hydrogen-bond donors (Lipinski definition) is 5. The van der Waals surface area contributed by atoms with Gasteiger partial charge in [-0.1, -0.05) is 55.2 Å². The Morgan fingerprint density at radius 3 is 2.62 bits per heavy atom. The van der Waals surface area contributed by atoms with Crippen molar-refractivity contribution in [1.82, 2.24) is 10.6 Å². The van der Waals surface area contributed by atoms with Gasteiger partial charge in [-0.2, -0.15) is 5.26 Å². The molecule has 8 nitrogen and oxygen atoms in total. The predicted octanol–water partition coefficient (Wildman–Crippen LogP) is 3.83. The van der Waals surface area contributed by atoms with Crippen molar-refractivity contribution in [3.63, 3.8) is 0 Å². The van der Waals surface area contributed by atoms with Crippen LogP contribution in [0.5, 0.6) is 0 Å². The number of hydrogen-bond acceptors (Lipinski definition) is 7. The van der Waals surface area contributed by atoms with E-state index in [1.54, 1.807) is 0 Å². The van der Waals surface area contributed by atoms with E-state index in [1.165, 1.54) is 30.3 Å². The normalized spacial score (nSPS) is 23.0. The maximum Gasteiger partial charge on any atom is 0.237 e. The van der Waals surface area contributed by atoms with Gasteiger partial charge in [0.1, 0.15) is 17.0 Å². The molecule has 1 fully saturated rings. The molecular weight excluding hydrogens is 591 g/mol. The van der Waals surface area contributed by atoms with E-state index in [1.807, 2.05) is 13.8 Å². The lowest BCUT2D eigenvalue weighted by Gasteiger charge is -2.38. The van der Waals surface area contributed by atoms with Crippen LogP contribution in [0.15, 0.2) is 36.4 Å². The second-order valence-electron chi connectivity index (χ2n) is 11.3. The van der Waals surface area contributed by atoms with Crippen molar-refractivity contribution in [3.05, 3.63) is 69.2 Å². The summed E-state index contributed by atoms with van der Waals surface area (Å²) in [6.45, 7) is 3.75. The number of nitriles is 1. The van der Waals surface area contributed by atoms with E-state index in [0.29, 0.717) is 13.0 Å². The van der Waals surface area contributed by atoms with Crippen molar-refractivity contribution >= 4 is 29.1 Å². The first-order valence-corrected chi connectivity index (χ1v) is 14.5. The highest BCUT2D eigenvalue weighted by Crippen LogP contribution is 2.53. The van der Waals surface area contributed by atoms with Crippen LogP contribution in [0.25, 0.3) is 0 Å². The molecule has 230 valence electrons. The number of nitrogens with one attached hydrogen (secondary N) is 2. The van der Waals surface area contributed by atoms with E-state index in [2.05, 4.69) is 16.7 Å². The molecule has 0 spiro atoms. The molecule has 2 aromatic carbocycles. The number of rotatable bonds is 14. The van der Waals surface area contributed by atoms with E-state index in [9.17, 15) is 15.2 Å². The summed E-state index contributed by atoms with van der Waals surface area (Å²) < 4.78 is 37.0. The van der Waals surface area contributed by atoms with Crippen LogP contribution in [-0.4, -0.2) is 72.4 Å². The number of nitrogens with zero attached hydrogens (tertiary/aromatic N) is 1. The van der Waals surface area contributed by atoms with Crippen molar-refractivity contribution < 1.29 is 33.6 Å². The van der Waals surface area contributed by atoms with Crippen LogP contribution in [0.3, 0.4) is 0 Å². The van der Waals surface area contributed by atoms with Gasteiger partial charge in [0, 0.05) is 35.7 Å². The Morgan fingerprint density at radius 2 is 1.98 bits per heavy atom. The Balaban J connectivity index is 2.18. The first kappa shape index (κ1) is 34.1. The van der Waals surface area contributed by atoms with E-state index >= 15 is 8.78 Å². The first-order chi connectivity index (χ1) is 19.9. The number of aliphatic hydroxyl groups excluding tert-OH is 3. The highest BCUT2D eigenvalue weighted by atomic mass is 35.5. The molecule has 2 aromatic rings. The minimum atomic E-state index is -1.80. The Kier molecular flexibility index (Phi) is 12.1. The van der Waals surface area contributed by atoms with Gasteiger partial charge in [0.2, 0.25) is 5.91 Å². The average molecular weight is 629 g/mol. The molecule has 4 unspecified atom stereocenters. The molecule has 0 bridgehead atoms. The Bertz CT molecular complexity index is 1280. The molecule has 1 aliphatic heterocycles. The predicted molar refractivity (Wildman–Crippen MR) is 155 cm³/mol. The van der Waals surface area contributed by atoms with Crippen molar-refractivity contribution in [1.29, 1.82) is 5.26 Å². The maximum absolute atomic E-state index is 15.8. The SMILES string of the molecule is CC(C)(CCOCCO)CC1NC(C(=O)NCC[C@H](O)CO)C(c2cccc(Cl)c2F)C1(C#N)c1ccc(Cl)cc1F. The summed E-state index contributed by atoms with van der Waals surface area (Å²) in [6, 6.07) is 8.43. The van der Waals surface area contributed by atoms with Crippen LogP contribution in [-0.2, 0) is 14.9 Å². The molecule has 3 rings (SSSR count). The zero-order valence-electron chi connectivity index (χ0n) is 23.5. The van der Waals surface area contributed by atoms with Gasteiger partial charge in [-0.05, 0) is 48.4 Å². The quantitative estimate of drug-likeness (QED) is 0.201. The number of amides is 1. The molecule has 5 N–H and O–H groups in total. The van der Waals surface area contributed by atoms with Crippen LogP contribution >= 0.6 is 23.2 Å². The first-order valence-electron chi connectivity index (χ1n) is 13.7. The third kappa shape index (κ3) is 7.58. The summed E-state index contributed by atoms with van der Waals surface area (Å²) >= 11 is 12.2. The zero-order valence-corrected chi connectivity index (χ0v) is 25.1. The van der Waals surface area contributed by atoms with Crippen LogP contribution in [0.2, 0.25) is 10.0 Å². The van der Waals surface area contributed by atoms with Gasteiger partial charge >= 0.3 is 0 Å². The summed E-state index contributed by atoms with van der Waals surface area (Å²) in [4.78, 5) is 13.7. The molecule has 1 saturated heterocycles. The fraction of sp³-hybridized carbons (Fsp3) is 0.533. The Morgan fingerprint density at radius 1 is 1.24 bits per heavy atom. The third-order valence-electron chi connectivity index (χ3n) is 7.82. The van der Waals surface area contributed by atoms with Gasteiger partial charge < -0.3 is 30.7 Å². The topological polar surface area (TPSA) is 135 Å². The van der Waals surface area contributed by atoms with Crippen molar-refractivity contribution in [2.75, 3.05) is 33.0 Å². The van der Waals surface area contributed by atoms with Gasteiger partial charge in [-0.3, -0.25) is 4.79 Å². The number of halogens is 4. The Labute approximate surface area is 254 Å². The summed E-state index contributed by atoms with van der Waals surface area (Å²) in [7, 11) is 0. The van der Waals surface area contributed by atoms with E-state index in [4.69, 9.17) is 38.2 Å². The summed E-state index contributed by atoms with van der Waals surface area (Å²) in [5, 5.41) is 44.7. The summed E-state index contributed by atoms with van der Waals surface area (Å²) in [6.07, 6.45) is -0.213. The van der Waals surface area contributed by atoms with Crippen LogP contribution in [0.1, 0.15) is 50.2 Å². The van der Waals surface area contributed by atoms with Crippen LogP contribution in [0.4, 0.5) is 8.78 Å². The number of carbonyl (C=O) groups excluding carboxylic acids is 1. The molecule has 0 saturated carbocycles. The van der Waals surface area contributed by atoms with E-state index in [0.717, 1.165) is 6.07 Å². The fourth-order valence-corrected chi connectivity index (χ4v) is 6.02. The second kappa shape index (κ2) is 14.9. The molecule has 42 heavy (non-hydrogen) atoms. The maximum atomic E-state index is 15.8. The number of ether oxygens (including phenoxy) is 1. The summed E-state index contributed by atoms with van der Waals surface area (Å²) in [5.41, 5.74) is -2.38. The lowest BCUT2D eigenvalue weighted by Crippen LogP contribution is -2.46. The van der Waals surface area contributed by atoms with Gasteiger partial charge in [-0.15, -0.1) is 0 Å². The van der Waals surface area contributed by atoms with Crippen molar-refractivity contribution in [2.24, 2.45) is 5.41 Å². The largest absolute Gasteiger partial charge is 0.394 e. The third-order valence-corrected chi connectivity index (χ3v) is 8.35. The highest BCUT2D eigenvalue weighted by Gasteiger charge is 2.61. The number of aliphatic hydroxyl groups is 3. The van der Waals surface area contributed by atoms with Gasteiger partial charge in [0.15, 0.2) is 0 Å². The van der Waals surface area contributed by atoms with Gasteiger partial charge in [0.25, 0.3) is 0 Å².